The van der Waals surface area contributed by atoms with Gasteiger partial charge in [-0.15, -0.1) is 0 Å². The van der Waals surface area contributed by atoms with Gasteiger partial charge in [-0.25, -0.2) is 13.4 Å². The molecular weight excluding hydrogens is 408 g/mol. The molecule has 150 valence electrons. The van der Waals surface area contributed by atoms with Gasteiger partial charge in [-0.05, 0) is 36.4 Å². The van der Waals surface area contributed by atoms with E-state index in [0.29, 0.717) is 6.54 Å². The monoisotopic (exact) mass is 428 g/mol. The van der Waals surface area contributed by atoms with Gasteiger partial charge in [0.2, 0.25) is 0 Å². The van der Waals surface area contributed by atoms with Gasteiger partial charge in [0.25, 0.3) is 0 Å². The Kier molecular flexibility index (Phi) is 4.51. The maximum atomic E-state index is 11.9. The summed E-state index contributed by atoms with van der Waals surface area (Å²) in [5.41, 5.74) is 2.86. The molecule has 1 fully saturated rings. The van der Waals surface area contributed by atoms with Gasteiger partial charge in [-0.1, -0.05) is 23.9 Å². The van der Waals surface area contributed by atoms with Crippen LogP contribution in [0.4, 0.5) is 5.69 Å². The highest BCUT2D eigenvalue weighted by Crippen LogP contribution is 2.37. The van der Waals surface area contributed by atoms with Gasteiger partial charge in [0.1, 0.15) is 11.6 Å². The molecule has 9 heteroatoms. The Labute approximate surface area is 173 Å². The largest absolute Gasteiger partial charge is 0.497 e. The van der Waals surface area contributed by atoms with Crippen molar-refractivity contribution in [3.05, 3.63) is 54.4 Å². The minimum atomic E-state index is -2.99. The van der Waals surface area contributed by atoms with E-state index in [1.54, 1.807) is 18.9 Å². The standard InChI is InChI=1S/C20H20N4O3S2/c1-27-14-8-6-13(7-9-14)24(10-19-21-15-4-2-3-5-16(15)22-19)20-23-17-11-29(25,26)12-18(17)28-20/h2-9,17-18H,10-12H2,1H3,(H,21,22)/t17-,18-/m1/s1. The number of thioether (sulfide) groups is 1. The molecule has 0 aliphatic carbocycles. The second-order valence-corrected chi connectivity index (χ2v) is 10.6. The average molecular weight is 429 g/mol. The predicted molar refractivity (Wildman–Crippen MR) is 117 cm³/mol. The number of H-pyrrole nitrogens is 1. The van der Waals surface area contributed by atoms with Crippen molar-refractivity contribution in [1.82, 2.24) is 9.97 Å². The number of ether oxygens (including phenoxy) is 1. The molecule has 5 rings (SSSR count). The van der Waals surface area contributed by atoms with Crippen molar-refractivity contribution in [2.75, 3.05) is 23.5 Å². The van der Waals surface area contributed by atoms with Gasteiger partial charge >= 0.3 is 0 Å². The number of nitrogens with one attached hydrogen (secondary N) is 1. The smallest absolute Gasteiger partial charge is 0.164 e. The van der Waals surface area contributed by atoms with Crippen LogP contribution in [0.5, 0.6) is 5.75 Å². The number of sulfone groups is 1. The maximum absolute atomic E-state index is 11.9. The fourth-order valence-corrected chi connectivity index (χ4v) is 7.51. The third-order valence-corrected chi connectivity index (χ3v) is 8.41. The molecule has 2 aromatic carbocycles. The first kappa shape index (κ1) is 18.5. The molecule has 3 aromatic rings. The topological polar surface area (TPSA) is 87.7 Å². The predicted octanol–water partition coefficient (Wildman–Crippen LogP) is 2.85. The van der Waals surface area contributed by atoms with E-state index in [2.05, 4.69) is 9.88 Å². The van der Waals surface area contributed by atoms with E-state index in [9.17, 15) is 8.42 Å². The van der Waals surface area contributed by atoms with Crippen molar-refractivity contribution in [2.24, 2.45) is 4.99 Å². The van der Waals surface area contributed by atoms with Crippen LogP contribution < -0.4 is 9.64 Å². The Bertz CT molecular complexity index is 1150. The normalized spacial score (nSPS) is 22.4. The van der Waals surface area contributed by atoms with Crippen LogP contribution in [0.15, 0.2) is 53.5 Å². The zero-order chi connectivity index (χ0) is 20.0. The highest BCUT2D eigenvalue weighted by Gasteiger charge is 2.44. The van der Waals surface area contributed by atoms with Gasteiger partial charge in [0.15, 0.2) is 15.0 Å². The lowest BCUT2D eigenvalue weighted by Gasteiger charge is -2.24. The minimum Gasteiger partial charge on any atom is -0.497 e. The average Bonchev–Trinajstić information content (AvgIpc) is 3.36. The number of methoxy groups -OCH3 is 1. The summed E-state index contributed by atoms with van der Waals surface area (Å²) >= 11 is 1.55. The number of aromatic nitrogens is 2. The molecule has 29 heavy (non-hydrogen) atoms. The summed E-state index contributed by atoms with van der Waals surface area (Å²) in [4.78, 5) is 14.9. The fourth-order valence-electron chi connectivity index (χ4n) is 3.73. The van der Waals surface area contributed by atoms with Crippen molar-refractivity contribution in [3.8, 4) is 5.75 Å². The van der Waals surface area contributed by atoms with Crippen LogP contribution in [0.2, 0.25) is 0 Å². The second kappa shape index (κ2) is 7.07. The Morgan fingerprint density at radius 2 is 1.97 bits per heavy atom. The first-order valence-electron chi connectivity index (χ1n) is 9.31. The molecule has 0 saturated carbocycles. The van der Waals surface area contributed by atoms with Crippen LogP contribution in [-0.2, 0) is 16.4 Å². The van der Waals surface area contributed by atoms with E-state index < -0.39 is 9.84 Å². The number of aliphatic imine (C=N–C) groups is 1. The number of anilines is 1. The van der Waals surface area contributed by atoms with E-state index in [-0.39, 0.29) is 22.8 Å². The number of imidazole rings is 1. The Hall–Kier alpha value is -2.52. The number of hydrogen-bond donors (Lipinski definition) is 1. The lowest BCUT2D eigenvalue weighted by Crippen LogP contribution is -2.28. The first-order valence-corrected chi connectivity index (χ1v) is 12.0. The van der Waals surface area contributed by atoms with E-state index in [0.717, 1.165) is 33.5 Å². The number of aromatic amines is 1. The molecule has 1 saturated heterocycles. The molecular formula is C20H20N4O3S2. The number of benzene rings is 2. The molecule has 3 heterocycles. The van der Waals surface area contributed by atoms with Crippen LogP contribution in [0.3, 0.4) is 0 Å². The summed E-state index contributed by atoms with van der Waals surface area (Å²) < 4.78 is 29.1. The first-order chi connectivity index (χ1) is 14.0. The third kappa shape index (κ3) is 3.60. The molecule has 2 aliphatic heterocycles. The summed E-state index contributed by atoms with van der Waals surface area (Å²) in [7, 11) is -1.35. The van der Waals surface area contributed by atoms with Crippen molar-refractivity contribution >= 4 is 43.5 Å². The van der Waals surface area contributed by atoms with Crippen molar-refractivity contribution in [2.45, 2.75) is 17.8 Å². The lowest BCUT2D eigenvalue weighted by molar-refractivity contribution is 0.415. The van der Waals surface area contributed by atoms with Gasteiger partial charge in [0, 0.05) is 10.9 Å². The number of amidine groups is 1. The van der Waals surface area contributed by atoms with E-state index in [1.807, 2.05) is 48.5 Å². The maximum Gasteiger partial charge on any atom is 0.164 e. The van der Waals surface area contributed by atoms with Gasteiger partial charge in [0.05, 0.1) is 42.2 Å². The van der Waals surface area contributed by atoms with Gasteiger partial charge in [-0.2, -0.15) is 0 Å². The zero-order valence-electron chi connectivity index (χ0n) is 15.8. The molecule has 1 N–H and O–H groups in total. The number of rotatable bonds is 4. The number of para-hydroxylation sites is 2. The lowest BCUT2D eigenvalue weighted by atomic mass is 10.2. The van der Waals surface area contributed by atoms with E-state index >= 15 is 0 Å². The molecule has 7 nitrogen and oxygen atoms in total. The number of fused-ring (bicyclic) bond motifs is 2. The summed E-state index contributed by atoms with van der Waals surface area (Å²) in [5, 5.41) is 0.826. The van der Waals surface area contributed by atoms with Gasteiger partial charge in [-0.3, -0.25) is 4.99 Å². The van der Waals surface area contributed by atoms with Crippen LogP contribution in [-0.4, -0.2) is 53.5 Å². The molecule has 0 unspecified atom stereocenters. The summed E-state index contributed by atoms with van der Waals surface area (Å²) in [6.07, 6.45) is 0. The highest BCUT2D eigenvalue weighted by molar-refractivity contribution is 8.15. The highest BCUT2D eigenvalue weighted by atomic mass is 32.2. The van der Waals surface area contributed by atoms with Crippen molar-refractivity contribution in [1.29, 1.82) is 0 Å². The van der Waals surface area contributed by atoms with E-state index in [1.165, 1.54) is 0 Å². The third-order valence-electron chi connectivity index (χ3n) is 5.17. The molecule has 0 bridgehead atoms. The molecule has 2 aliphatic rings. The zero-order valence-corrected chi connectivity index (χ0v) is 17.4. The summed E-state index contributed by atoms with van der Waals surface area (Å²) in [6.45, 7) is 0.513. The number of hydrogen-bond acceptors (Lipinski definition) is 7. The van der Waals surface area contributed by atoms with Gasteiger partial charge < -0.3 is 14.6 Å². The van der Waals surface area contributed by atoms with Crippen LogP contribution in [0.1, 0.15) is 5.82 Å². The molecule has 1 aromatic heterocycles. The van der Waals surface area contributed by atoms with Crippen LogP contribution >= 0.6 is 11.8 Å². The SMILES string of the molecule is COc1ccc(N(Cc2nc3ccccc3[nH]2)C2=N[C@@H]3CS(=O)(=O)C[C@H]3S2)cc1. The second-order valence-electron chi connectivity index (χ2n) is 7.20. The van der Waals surface area contributed by atoms with Crippen molar-refractivity contribution in [3.63, 3.8) is 0 Å². The Morgan fingerprint density at radius 1 is 1.17 bits per heavy atom. The summed E-state index contributed by atoms with van der Waals surface area (Å²) in [6, 6.07) is 15.5. The minimum absolute atomic E-state index is 0.00794. The van der Waals surface area contributed by atoms with Crippen LogP contribution in [0.25, 0.3) is 11.0 Å². The molecule has 0 spiro atoms. The molecule has 0 amide bonds. The summed E-state index contributed by atoms with van der Waals surface area (Å²) in [5.74, 6) is 1.93. The molecule has 2 atom stereocenters. The van der Waals surface area contributed by atoms with Crippen molar-refractivity contribution < 1.29 is 13.2 Å². The van der Waals surface area contributed by atoms with E-state index in [4.69, 9.17) is 14.7 Å². The Morgan fingerprint density at radius 3 is 2.69 bits per heavy atom. The molecule has 0 radical (unpaired) electrons. The Balaban J connectivity index is 1.49. The quantitative estimate of drug-likeness (QED) is 0.688. The number of nitrogens with zero attached hydrogens (tertiary/aromatic N) is 3. The fraction of sp³-hybridized carbons (Fsp3) is 0.300. The van der Waals surface area contributed by atoms with Crippen LogP contribution in [0, 0.1) is 0 Å².